The summed E-state index contributed by atoms with van der Waals surface area (Å²) in [7, 11) is 0. The minimum Gasteiger partial charge on any atom is -0.294 e. The molecule has 0 bridgehead atoms. The molecule has 0 atom stereocenters. The lowest BCUT2D eigenvalue weighted by Gasteiger charge is -2.30. The maximum absolute atomic E-state index is 12.9. The fourth-order valence-corrected chi connectivity index (χ4v) is 4.22. The number of aromatic nitrogens is 2. The molecule has 2 aliphatic carbocycles. The number of hydrogen-bond donors (Lipinski definition) is 0. The Labute approximate surface area is 137 Å². The SMILES string of the molecule is CC1(C)CC(=O)c2c(-c3ccccc3)nn(C3CCCC3)c2C1. The summed E-state index contributed by atoms with van der Waals surface area (Å²) in [5.41, 5.74) is 4.06. The number of carbonyl (C=O) groups excluding carboxylic acids is 1. The quantitative estimate of drug-likeness (QED) is 0.797. The highest BCUT2D eigenvalue weighted by molar-refractivity contribution is 6.04. The third-order valence-electron chi connectivity index (χ3n) is 5.29. The molecule has 0 unspecified atom stereocenters. The number of ketones is 1. The van der Waals surface area contributed by atoms with Gasteiger partial charge in [0.1, 0.15) is 5.69 Å². The zero-order valence-electron chi connectivity index (χ0n) is 14.0. The summed E-state index contributed by atoms with van der Waals surface area (Å²) in [6, 6.07) is 10.7. The molecule has 1 saturated carbocycles. The Bertz CT molecular complexity index is 737. The van der Waals surface area contributed by atoms with Crippen LogP contribution in [-0.4, -0.2) is 15.6 Å². The molecular formula is C20H24N2O. The first-order valence-corrected chi connectivity index (χ1v) is 8.75. The summed E-state index contributed by atoms with van der Waals surface area (Å²) in [6.07, 6.45) is 6.50. The molecule has 0 spiro atoms. The molecule has 0 saturated heterocycles. The van der Waals surface area contributed by atoms with E-state index in [1.807, 2.05) is 18.2 Å². The van der Waals surface area contributed by atoms with Crippen molar-refractivity contribution in [3.05, 3.63) is 41.6 Å². The van der Waals surface area contributed by atoms with Gasteiger partial charge in [0, 0.05) is 12.0 Å². The molecule has 4 rings (SSSR count). The lowest BCUT2D eigenvalue weighted by atomic mass is 9.75. The van der Waals surface area contributed by atoms with E-state index in [9.17, 15) is 4.79 Å². The van der Waals surface area contributed by atoms with E-state index in [2.05, 4.69) is 30.7 Å². The van der Waals surface area contributed by atoms with Crippen molar-refractivity contribution in [1.29, 1.82) is 0 Å². The Morgan fingerprint density at radius 3 is 2.48 bits per heavy atom. The monoisotopic (exact) mass is 308 g/mol. The van der Waals surface area contributed by atoms with Gasteiger partial charge in [0.05, 0.1) is 17.3 Å². The van der Waals surface area contributed by atoms with Crippen molar-refractivity contribution in [2.45, 2.75) is 58.4 Å². The lowest BCUT2D eigenvalue weighted by molar-refractivity contribution is 0.0910. The highest BCUT2D eigenvalue weighted by atomic mass is 16.1. The lowest BCUT2D eigenvalue weighted by Crippen LogP contribution is -2.29. The summed E-state index contributed by atoms with van der Waals surface area (Å²) in [6.45, 7) is 4.39. The first-order valence-electron chi connectivity index (χ1n) is 8.75. The van der Waals surface area contributed by atoms with Crippen LogP contribution in [0.25, 0.3) is 11.3 Å². The number of carbonyl (C=O) groups is 1. The molecular weight excluding hydrogens is 284 g/mol. The van der Waals surface area contributed by atoms with Gasteiger partial charge in [0.2, 0.25) is 0 Å². The molecule has 3 heteroatoms. The van der Waals surface area contributed by atoms with Crippen molar-refractivity contribution in [2.75, 3.05) is 0 Å². The van der Waals surface area contributed by atoms with Crippen molar-refractivity contribution in [2.24, 2.45) is 5.41 Å². The van der Waals surface area contributed by atoms with Gasteiger partial charge in [-0.25, -0.2) is 0 Å². The van der Waals surface area contributed by atoms with Gasteiger partial charge in [-0.1, -0.05) is 57.0 Å². The van der Waals surface area contributed by atoms with E-state index in [4.69, 9.17) is 5.10 Å². The molecule has 0 aliphatic heterocycles. The second-order valence-electron chi connectivity index (χ2n) is 7.86. The van der Waals surface area contributed by atoms with Gasteiger partial charge in [-0.2, -0.15) is 5.10 Å². The number of fused-ring (bicyclic) bond motifs is 1. The minimum absolute atomic E-state index is 0.0361. The summed E-state index contributed by atoms with van der Waals surface area (Å²) < 4.78 is 2.21. The average molecular weight is 308 g/mol. The number of nitrogens with zero attached hydrogens (tertiary/aromatic N) is 2. The molecule has 0 amide bonds. The van der Waals surface area contributed by atoms with E-state index in [0.29, 0.717) is 12.5 Å². The van der Waals surface area contributed by atoms with Crippen LogP contribution in [0.1, 0.15) is 68.0 Å². The van der Waals surface area contributed by atoms with Gasteiger partial charge < -0.3 is 0 Å². The van der Waals surface area contributed by atoms with Gasteiger partial charge in [0.15, 0.2) is 5.78 Å². The predicted octanol–water partition coefficient (Wildman–Crippen LogP) is 4.82. The zero-order chi connectivity index (χ0) is 16.0. The van der Waals surface area contributed by atoms with Crippen molar-refractivity contribution >= 4 is 5.78 Å². The third kappa shape index (κ3) is 2.52. The second kappa shape index (κ2) is 5.33. The van der Waals surface area contributed by atoms with Crippen molar-refractivity contribution in [3.8, 4) is 11.3 Å². The van der Waals surface area contributed by atoms with Crippen LogP contribution in [0.3, 0.4) is 0 Å². The third-order valence-corrected chi connectivity index (χ3v) is 5.29. The Balaban J connectivity index is 1.90. The molecule has 1 heterocycles. The average Bonchev–Trinajstić information content (AvgIpc) is 3.14. The normalized spacial score (nSPS) is 20.7. The van der Waals surface area contributed by atoms with Crippen LogP contribution in [0.5, 0.6) is 0 Å². The van der Waals surface area contributed by atoms with Crippen LogP contribution >= 0.6 is 0 Å². The summed E-state index contributed by atoms with van der Waals surface area (Å²) in [5, 5.41) is 4.96. The Kier molecular flexibility index (Phi) is 3.40. The van der Waals surface area contributed by atoms with Gasteiger partial charge in [-0.3, -0.25) is 9.48 Å². The van der Waals surface area contributed by atoms with E-state index in [1.54, 1.807) is 0 Å². The fraction of sp³-hybridized carbons (Fsp3) is 0.500. The molecule has 1 fully saturated rings. The van der Waals surface area contributed by atoms with E-state index in [-0.39, 0.29) is 11.2 Å². The van der Waals surface area contributed by atoms with E-state index >= 15 is 0 Å². The van der Waals surface area contributed by atoms with Gasteiger partial charge in [-0.05, 0) is 24.7 Å². The van der Waals surface area contributed by atoms with E-state index in [1.165, 1.54) is 31.4 Å². The molecule has 23 heavy (non-hydrogen) atoms. The number of benzene rings is 1. The van der Waals surface area contributed by atoms with Crippen LogP contribution < -0.4 is 0 Å². The minimum atomic E-state index is 0.0361. The summed E-state index contributed by atoms with van der Waals surface area (Å²) >= 11 is 0. The largest absolute Gasteiger partial charge is 0.294 e. The highest BCUT2D eigenvalue weighted by Crippen LogP contribution is 2.42. The number of hydrogen-bond acceptors (Lipinski definition) is 2. The fourth-order valence-electron chi connectivity index (χ4n) is 4.22. The molecule has 0 radical (unpaired) electrons. The second-order valence-corrected chi connectivity index (χ2v) is 7.86. The van der Waals surface area contributed by atoms with E-state index in [0.717, 1.165) is 23.2 Å². The van der Waals surface area contributed by atoms with Crippen LogP contribution in [0.15, 0.2) is 30.3 Å². The van der Waals surface area contributed by atoms with Gasteiger partial charge in [-0.15, -0.1) is 0 Å². The molecule has 1 aromatic carbocycles. The standard InChI is InChI=1S/C20H24N2O/c1-20(2)12-16-18(17(23)13-20)19(14-8-4-3-5-9-14)21-22(16)15-10-6-7-11-15/h3-5,8-9,15H,6-7,10-13H2,1-2H3. The molecule has 0 N–H and O–H groups in total. The zero-order valence-corrected chi connectivity index (χ0v) is 14.0. The number of rotatable bonds is 2. The summed E-state index contributed by atoms with van der Waals surface area (Å²) in [5.74, 6) is 0.263. The van der Waals surface area contributed by atoms with Crippen LogP contribution in [-0.2, 0) is 6.42 Å². The van der Waals surface area contributed by atoms with E-state index < -0.39 is 0 Å². The maximum atomic E-state index is 12.9. The van der Waals surface area contributed by atoms with Crippen molar-refractivity contribution in [3.63, 3.8) is 0 Å². The summed E-state index contributed by atoms with van der Waals surface area (Å²) in [4.78, 5) is 12.9. The molecule has 2 aromatic rings. The van der Waals surface area contributed by atoms with Crippen molar-refractivity contribution in [1.82, 2.24) is 9.78 Å². The predicted molar refractivity (Wildman–Crippen MR) is 91.6 cm³/mol. The first kappa shape index (κ1) is 14.7. The van der Waals surface area contributed by atoms with Crippen LogP contribution in [0, 0.1) is 5.41 Å². The van der Waals surface area contributed by atoms with Crippen LogP contribution in [0.4, 0.5) is 0 Å². The maximum Gasteiger partial charge on any atom is 0.167 e. The molecule has 120 valence electrons. The molecule has 1 aromatic heterocycles. The molecule has 2 aliphatic rings. The first-order chi connectivity index (χ1) is 11.1. The topological polar surface area (TPSA) is 34.9 Å². The van der Waals surface area contributed by atoms with Crippen molar-refractivity contribution < 1.29 is 4.79 Å². The highest BCUT2D eigenvalue weighted by Gasteiger charge is 2.38. The Hall–Kier alpha value is -1.90. The number of Topliss-reactive ketones (excluding diaryl/α,β-unsaturated/α-hetero) is 1. The Morgan fingerprint density at radius 2 is 1.78 bits per heavy atom. The van der Waals surface area contributed by atoms with Crippen LogP contribution in [0.2, 0.25) is 0 Å². The van der Waals surface area contributed by atoms with Gasteiger partial charge in [0.25, 0.3) is 0 Å². The molecule has 3 nitrogen and oxygen atoms in total. The smallest absolute Gasteiger partial charge is 0.167 e. The Morgan fingerprint density at radius 1 is 1.09 bits per heavy atom. The van der Waals surface area contributed by atoms with Gasteiger partial charge >= 0.3 is 0 Å².